The van der Waals surface area contributed by atoms with Gasteiger partial charge in [-0.2, -0.15) is 0 Å². The highest BCUT2D eigenvalue weighted by Crippen LogP contribution is 2.19. The summed E-state index contributed by atoms with van der Waals surface area (Å²) in [4.78, 5) is 3.89. The molecule has 0 saturated heterocycles. The van der Waals surface area contributed by atoms with E-state index in [9.17, 15) is 16.8 Å². The Hall–Kier alpha value is -1.71. The number of benzene rings is 1. The van der Waals surface area contributed by atoms with Crippen molar-refractivity contribution in [2.24, 2.45) is 7.05 Å². The fraction of sp³-hybridized carbons (Fsp3) is 0.308. The van der Waals surface area contributed by atoms with Crippen LogP contribution >= 0.6 is 0 Å². The molecule has 1 heterocycles. The molecular weight excluding hydrogens is 326 g/mol. The lowest BCUT2D eigenvalue weighted by atomic mass is 10.2. The molecule has 0 radical (unpaired) electrons. The van der Waals surface area contributed by atoms with Gasteiger partial charge in [0.1, 0.15) is 0 Å². The zero-order valence-electron chi connectivity index (χ0n) is 12.5. The first-order valence-corrected chi connectivity index (χ1v) is 9.45. The van der Waals surface area contributed by atoms with Gasteiger partial charge in [-0.15, -0.1) is 0 Å². The largest absolute Gasteiger partial charge is 0.325 e. The maximum Gasteiger partial charge on any atom is 0.242 e. The summed E-state index contributed by atoms with van der Waals surface area (Å²) in [5, 5.41) is -0.0478. The number of aryl methyl sites for hydroxylation is 1. The number of aromatic nitrogens is 2. The molecule has 2 aromatic rings. The fourth-order valence-electron chi connectivity index (χ4n) is 1.94. The van der Waals surface area contributed by atoms with E-state index in [2.05, 4.69) is 4.98 Å². The Morgan fingerprint density at radius 2 is 1.86 bits per heavy atom. The van der Waals surface area contributed by atoms with Gasteiger partial charge in [-0.1, -0.05) is 12.1 Å². The third kappa shape index (κ3) is 3.21. The van der Waals surface area contributed by atoms with Crippen LogP contribution in [0.4, 0.5) is 0 Å². The smallest absolute Gasteiger partial charge is 0.242 e. The lowest BCUT2D eigenvalue weighted by Gasteiger charge is -2.12. The van der Waals surface area contributed by atoms with Crippen molar-refractivity contribution in [2.75, 3.05) is 14.1 Å². The first-order chi connectivity index (χ1) is 10.1. The Bertz CT molecular complexity index is 884. The van der Waals surface area contributed by atoms with E-state index in [1.165, 1.54) is 43.1 Å². The molecule has 2 rings (SSSR count). The first-order valence-electron chi connectivity index (χ1n) is 6.36. The molecule has 0 spiro atoms. The van der Waals surface area contributed by atoms with Crippen molar-refractivity contribution in [3.63, 3.8) is 0 Å². The Labute approximate surface area is 130 Å². The summed E-state index contributed by atoms with van der Waals surface area (Å²) in [6.45, 7) is 0. The summed E-state index contributed by atoms with van der Waals surface area (Å²) in [7, 11) is -2.80. The second kappa shape index (κ2) is 5.82. The second-order valence-corrected chi connectivity index (χ2v) is 9.05. The minimum absolute atomic E-state index is 0.0478. The monoisotopic (exact) mass is 343 g/mol. The van der Waals surface area contributed by atoms with Gasteiger partial charge in [0, 0.05) is 33.5 Å². The predicted molar refractivity (Wildman–Crippen MR) is 81.4 cm³/mol. The molecule has 0 bridgehead atoms. The Morgan fingerprint density at radius 3 is 2.41 bits per heavy atom. The predicted octanol–water partition coefficient (Wildman–Crippen LogP) is 0.644. The summed E-state index contributed by atoms with van der Waals surface area (Å²) in [6, 6.07) is 5.91. The SMILES string of the molecule is CN(C)S(=O)(=O)c1cccc(CS(=O)(=O)c2nccn2C)c1. The van der Waals surface area contributed by atoms with Crippen LogP contribution < -0.4 is 0 Å². The van der Waals surface area contributed by atoms with Gasteiger partial charge >= 0.3 is 0 Å². The van der Waals surface area contributed by atoms with Gasteiger partial charge in [0.25, 0.3) is 0 Å². The summed E-state index contributed by atoms with van der Waals surface area (Å²) in [6.07, 6.45) is 2.94. The molecule has 0 unspecified atom stereocenters. The van der Waals surface area contributed by atoms with Gasteiger partial charge in [0.05, 0.1) is 10.6 Å². The van der Waals surface area contributed by atoms with Crippen LogP contribution in [0.25, 0.3) is 0 Å². The number of hydrogen-bond donors (Lipinski definition) is 0. The zero-order chi connectivity index (χ0) is 16.5. The van der Waals surface area contributed by atoms with Gasteiger partial charge < -0.3 is 4.57 Å². The van der Waals surface area contributed by atoms with E-state index >= 15 is 0 Å². The number of sulfonamides is 1. The van der Waals surface area contributed by atoms with Crippen LogP contribution in [0.1, 0.15) is 5.56 Å². The molecular formula is C13H17N3O4S2. The van der Waals surface area contributed by atoms with Crippen LogP contribution in [-0.2, 0) is 32.7 Å². The van der Waals surface area contributed by atoms with Gasteiger partial charge in [0.2, 0.25) is 25.0 Å². The molecule has 22 heavy (non-hydrogen) atoms. The Kier molecular flexibility index (Phi) is 4.41. The van der Waals surface area contributed by atoms with Crippen molar-refractivity contribution in [3.05, 3.63) is 42.2 Å². The van der Waals surface area contributed by atoms with Crippen molar-refractivity contribution in [1.82, 2.24) is 13.9 Å². The molecule has 0 amide bonds. The molecule has 0 atom stereocenters. The van der Waals surface area contributed by atoms with Gasteiger partial charge in [-0.25, -0.2) is 26.1 Å². The minimum atomic E-state index is -3.64. The maximum atomic E-state index is 12.3. The second-order valence-electron chi connectivity index (χ2n) is 5.01. The third-order valence-corrected chi connectivity index (χ3v) is 6.56. The lowest BCUT2D eigenvalue weighted by Crippen LogP contribution is -2.22. The van der Waals surface area contributed by atoms with Crippen LogP contribution in [-0.4, -0.2) is 44.8 Å². The zero-order valence-corrected chi connectivity index (χ0v) is 14.1. The quantitative estimate of drug-likeness (QED) is 0.795. The molecule has 0 fully saturated rings. The highest BCUT2D eigenvalue weighted by molar-refractivity contribution is 7.90. The minimum Gasteiger partial charge on any atom is -0.325 e. The van der Waals surface area contributed by atoms with Gasteiger partial charge in [-0.05, 0) is 17.7 Å². The number of rotatable bonds is 5. The molecule has 9 heteroatoms. The lowest BCUT2D eigenvalue weighted by molar-refractivity contribution is 0.520. The summed E-state index contributed by atoms with van der Waals surface area (Å²) >= 11 is 0. The fourth-order valence-corrected chi connectivity index (χ4v) is 4.38. The van der Waals surface area contributed by atoms with Crippen molar-refractivity contribution in [3.8, 4) is 0 Å². The molecule has 0 aliphatic carbocycles. The van der Waals surface area contributed by atoms with E-state index in [0.717, 1.165) is 4.31 Å². The highest BCUT2D eigenvalue weighted by atomic mass is 32.2. The number of imidazole rings is 1. The number of hydrogen-bond acceptors (Lipinski definition) is 5. The Morgan fingerprint density at radius 1 is 1.18 bits per heavy atom. The van der Waals surface area contributed by atoms with Crippen LogP contribution in [0.3, 0.4) is 0 Å². The van der Waals surface area contributed by atoms with Gasteiger partial charge in [0.15, 0.2) is 0 Å². The van der Waals surface area contributed by atoms with E-state index in [-0.39, 0.29) is 15.8 Å². The van der Waals surface area contributed by atoms with E-state index < -0.39 is 19.9 Å². The standard InChI is InChI=1S/C13H17N3O4S2/c1-15(2)22(19,20)12-6-4-5-11(9-12)10-21(17,18)13-14-7-8-16(13)3/h4-9H,10H2,1-3H3. The molecule has 0 aliphatic heterocycles. The van der Waals surface area contributed by atoms with E-state index in [4.69, 9.17) is 0 Å². The Balaban J connectivity index is 2.39. The molecule has 120 valence electrons. The maximum absolute atomic E-state index is 12.3. The molecule has 0 aliphatic rings. The highest BCUT2D eigenvalue weighted by Gasteiger charge is 2.22. The molecule has 7 nitrogen and oxygen atoms in total. The number of sulfone groups is 1. The molecule has 1 aromatic heterocycles. The van der Waals surface area contributed by atoms with Crippen molar-refractivity contribution in [1.29, 1.82) is 0 Å². The average Bonchev–Trinajstić information content (AvgIpc) is 2.85. The average molecular weight is 343 g/mol. The van der Waals surface area contributed by atoms with E-state index in [1.807, 2.05) is 0 Å². The first kappa shape index (κ1) is 16.7. The van der Waals surface area contributed by atoms with E-state index in [1.54, 1.807) is 19.3 Å². The topological polar surface area (TPSA) is 89.3 Å². The van der Waals surface area contributed by atoms with Crippen molar-refractivity contribution in [2.45, 2.75) is 15.8 Å². The summed E-state index contributed by atoms with van der Waals surface area (Å²) in [5.41, 5.74) is 0.394. The third-order valence-electron chi connectivity index (χ3n) is 3.09. The molecule has 0 N–H and O–H groups in total. The van der Waals surface area contributed by atoms with Crippen LogP contribution in [0.5, 0.6) is 0 Å². The van der Waals surface area contributed by atoms with Gasteiger partial charge in [-0.3, -0.25) is 0 Å². The van der Waals surface area contributed by atoms with Crippen LogP contribution in [0, 0.1) is 0 Å². The van der Waals surface area contributed by atoms with Crippen LogP contribution in [0.2, 0.25) is 0 Å². The summed E-state index contributed by atoms with van der Waals surface area (Å²) < 4.78 is 51.4. The number of nitrogens with zero attached hydrogens (tertiary/aromatic N) is 3. The van der Waals surface area contributed by atoms with Crippen molar-refractivity contribution >= 4 is 19.9 Å². The molecule has 1 aromatic carbocycles. The summed E-state index contributed by atoms with van der Waals surface area (Å²) in [5.74, 6) is -0.311. The normalized spacial score (nSPS) is 12.7. The molecule has 0 saturated carbocycles. The van der Waals surface area contributed by atoms with E-state index in [0.29, 0.717) is 5.56 Å². The van der Waals surface area contributed by atoms with Crippen molar-refractivity contribution < 1.29 is 16.8 Å². The van der Waals surface area contributed by atoms with Crippen LogP contribution in [0.15, 0.2) is 46.7 Å².